The number of aliphatic hydroxyl groups is 1. The summed E-state index contributed by atoms with van der Waals surface area (Å²) in [6, 6.07) is 13.7. The van der Waals surface area contributed by atoms with Gasteiger partial charge in [0.2, 0.25) is 0 Å². The molecule has 0 bridgehead atoms. The molecule has 0 saturated carbocycles. The van der Waals surface area contributed by atoms with E-state index in [0.29, 0.717) is 0 Å². The molecule has 0 spiro atoms. The van der Waals surface area contributed by atoms with E-state index in [4.69, 9.17) is 0 Å². The number of rotatable bonds is 4. The van der Waals surface area contributed by atoms with Crippen LogP contribution in [0.4, 0.5) is 0 Å². The van der Waals surface area contributed by atoms with Gasteiger partial charge in [0.25, 0.3) is 0 Å². The van der Waals surface area contributed by atoms with Crippen molar-refractivity contribution in [3.63, 3.8) is 0 Å². The van der Waals surface area contributed by atoms with Crippen molar-refractivity contribution < 1.29 is 5.11 Å². The van der Waals surface area contributed by atoms with Crippen molar-refractivity contribution in [1.82, 2.24) is 4.98 Å². The fourth-order valence-corrected chi connectivity index (χ4v) is 1.69. The fraction of sp³-hybridized carbons (Fsp3) is 0.214. The van der Waals surface area contributed by atoms with Crippen molar-refractivity contribution in [2.45, 2.75) is 18.9 Å². The minimum Gasteiger partial charge on any atom is -0.388 e. The lowest BCUT2D eigenvalue weighted by atomic mass is 10.0. The lowest BCUT2D eigenvalue weighted by molar-refractivity contribution is 0.168. The second-order valence-electron chi connectivity index (χ2n) is 3.83. The van der Waals surface area contributed by atoms with Gasteiger partial charge in [0.05, 0.1) is 6.10 Å². The van der Waals surface area contributed by atoms with E-state index in [1.165, 1.54) is 0 Å². The van der Waals surface area contributed by atoms with Gasteiger partial charge < -0.3 is 5.11 Å². The summed E-state index contributed by atoms with van der Waals surface area (Å²) in [6.45, 7) is 0. The molecule has 2 rings (SSSR count). The third-order valence-electron chi connectivity index (χ3n) is 2.61. The summed E-state index contributed by atoms with van der Waals surface area (Å²) in [5, 5.41) is 9.96. The van der Waals surface area contributed by atoms with Gasteiger partial charge in [-0.05, 0) is 30.0 Å². The maximum absolute atomic E-state index is 9.96. The van der Waals surface area contributed by atoms with Crippen LogP contribution in [0.15, 0.2) is 54.9 Å². The highest BCUT2D eigenvalue weighted by Crippen LogP contribution is 2.18. The summed E-state index contributed by atoms with van der Waals surface area (Å²) in [7, 11) is 0. The minimum absolute atomic E-state index is 0.388. The van der Waals surface area contributed by atoms with E-state index in [2.05, 4.69) is 4.98 Å². The zero-order chi connectivity index (χ0) is 11.2. The van der Waals surface area contributed by atoms with E-state index in [1.54, 1.807) is 6.20 Å². The summed E-state index contributed by atoms with van der Waals surface area (Å²) in [5.74, 6) is 0. The molecular weight excluding hydrogens is 198 g/mol. The van der Waals surface area contributed by atoms with E-state index in [9.17, 15) is 5.11 Å². The highest BCUT2D eigenvalue weighted by Gasteiger charge is 2.06. The molecule has 2 aromatic rings. The molecule has 1 N–H and O–H groups in total. The van der Waals surface area contributed by atoms with Gasteiger partial charge >= 0.3 is 0 Å². The van der Waals surface area contributed by atoms with E-state index in [-0.39, 0.29) is 6.10 Å². The molecule has 16 heavy (non-hydrogen) atoms. The maximum atomic E-state index is 9.96. The Morgan fingerprint density at radius 3 is 2.56 bits per heavy atom. The number of nitrogens with zero attached hydrogens (tertiary/aromatic N) is 1. The summed E-state index contributed by atoms with van der Waals surface area (Å²) in [4.78, 5) is 4.05. The van der Waals surface area contributed by atoms with E-state index in [0.717, 1.165) is 24.0 Å². The number of benzene rings is 1. The smallest absolute Gasteiger partial charge is 0.0793 e. The molecule has 1 heterocycles. The Bertz CT molecular complexity index is 413. The van der Waals surface area contributed by atoms with Gasteiger partial charge in [-0.15, -0.1) is 0 Å². The molecule has 0 aliphatic rings. The van der Waals surface area contributed by atoms with Crippen molar-refractivity contribution >= 4 is 0 Å². The third kappa shape index (κ3) is 2.91. The van der Waals surface area contributed by atoms with Gasteiger partial charge in [0, 0.05) is 12.4 Å². The van der Waals surface area contributed by atoms with Crippen molar-refractivity contribution in [3.05, 3.63) is 66.0 Å². The van der Waals surface area contributed by atoms with E-state index < -0.39 is 0 Å². The average Bonchev–Trinajstić information content (AvgIpc) is 2.38. The second kappa shape index (κ2) is 5.42. The summed E-state index contributed by atoms with van der Waals surface area (Å²) < 4.78 is 0. The zero-order valence-electron chi connectivity index (χ0n) is 9.08. The average molecular weight is 213 g/mol. The minimum atomic E-state index is -0.388. The molecule has 1 atom stereocenters. The topological polar surface area (TPSA) is 33.1 Å². The molecule has 0 radical (unpaired) electrons. The van der Waals surface area contributed by atoms with Crippen LogP contribution in [-0.2, 0) is 6.42 Å². The van der Waals surface area contributed by atoms with Crippen LogP contribution in [0.5, 0.6) is 0 Å². The molecule has 2 heteroatoms. The van der Waals surface area contributed by atoms with Crippen LogP contribution in [0.1, 0.15) is 23.7 Å². The van der Waals surface area contributed by atoms with Gasteiger partial charge in [-0.25, -0.2) is 0 Å². The van der Waals surface area contributed by atoms with E-state index in [1.807, 2.05) is 48.7 Å². The molecule has 1 unspecified atom stereocenters. The number of aliphatic hydroxyl groups excluding tert-OH is 1. The Morgan fingerprint density at radius 2 is 1.88 bits per heavy atom. The first-order chi connectivity index (χ1) is 7.86. The lowest BCUT2D eigenvalue weighted by Crippen LogP contribution is -1.99. The number of aromatic nitrogens is 1. The molecule has 1 aromatic carbocycles. The number of aryl methyl sites for hydroxylation is 1. The van der Waals surface area contributed by atoms with Crippen LogP contribution >= 0.6 is 0 Å². The highest BCUT2D eigenvalue weighted by atomic mass is 16.3. The van der Waals surface area contributed by atoms with Gasteiger partial charge in [-0.2, -0.15) is 0 Å². The number of pyridine rings is 1. The van der Waals surface area contributed by atoms with Gasteiger partial charge in [-0.3, -0.25) is 4.98 Å². The van der Waals surface area contributed by atoms with Crippen molar-refractivity contribution in [1.29, 1.82) is 0 Å². The largest absolute Gasteiger partial charge is 0.388 e. The Balaban J connectivity index is 1.92. The van der Waals surface area contributed by atoms with E-state index >= 15 is 0 Å². The lowest BCUT2D eigenvalue weighted by Gasteiger charge is -2.10. The summed E-state index contributed by atoms with van der Waals surface area (Å²) in [5.41, 5.74) is 2.14. The van der Waals surface area contributed by atoms with Gasteiger partial charge in [0.15, 0.2) is 0 Å². The number of hydrogen-bond acceptors (Lipinski definition) is 2. The molecule has 0 aliphatic carbocycles. The SMILES string of the molecule is OC(CCc1cccnc1)c1ccccc1. The first-order valence-corrected chi connectivity index (χ1v) is 5.48. The summed E-state index contributed by atoms with van der Waals surface area (Å²) >= 11 is 0. The Morgan fingerprint density at radius 1 is 1.06 bits per heavy atom. The predicted octanol–water partition coefficient (Wildman–Crippen LogP) is 2.75. The zero-order valence-corrected chi connectivity index (χ0v) is 9.08. The first kappa shape index (κ1) is 10.8. The second-order valence-corrected chi connectivity index (χ2v) is 3.83. The monoisotopic (exact) mass is 213 g/mol. The third-order valence-corrected chi connectivity index (χ3v) is 2.61. The Kier molecular flexibility index (Phi) is 3.67. The Hall–Kier alpha value is -1.67. The molecule has 0 saturated heterocycles. The highest BCUT2D eigenvalue weighted by molar-refractivity contribution is 5.18. The molecule has 0 aliphatic heterocycles. The van der Waals surface area contributed by atoms with Crippen LogP contribution in [0.3, 0.4) is 0 Å². The molecule has 0 fully saturated rings. The first-order valence-electron chi connectivity index (χ1n) is 5.48. The van der Waals surface area contributed by atoms with Crippen LogP contribution in [0.2, 0.25) is 0 Å². The summed E-state index contributed by atoms with van der Waals surface area (Å²) in [6.07, 6.45) is 4.80. The quantitative estimate of drug-likeness (QED) is 0.847. The molecular formula is C14H15NO. The number of hydrogen-bond donors (Lipinski definition) is 1. The molecule has 1 aromatic heterocycles. The van der Waals surface area contributed by atoms with Crippen LogP contribution in [0, 0.1) is 0 Å². The van der Waals surface area contributed by atoms with Gasteiger partial charge in [-0.1, -0.05) is 36.4 Å². The predicted molar refractivity (Wildman–Crippen MR) is 64.0 cm³/mol. The van der Waals surface area contributed by atoms with Crippen LogP contribution in [0.25, 0.3) is 0 Å². The van der Waals surface area contributed by atoms with Crippen molar-refractivity contribution in [2.24, 2.45) is 0 Å². The van der Waals surface area contributed by atoms with Crippen molar-refractivity contribution in [3.8, 4) is 0 Å². The van der Waals surface area contributed by atoms with Crippen molar-refractivity contribution in [2.75, 3.05) is 0 Å². The van der Waals surface area contributed by atoms with Gasteiger partial charge in [0.1, 0.15) is 0 Å². The fourth-order valence-electron chi connectivity index (χ4n) is 1.69. The normalized spacial score (nSPS) is 12.3. The molecule has 82 valence electrons. The Labute approximate surface area is 95.6 Å². The van der Waals surface area contributed by atoms with Crippen LogP contribution < -0.4 is 0 Å². The molecule has 2 nitrogen and oxygen atoms in total. The van der Waals surface area contributed by atoms with Crippen LogP contribution in [-0.4, -0.2) is 10.1 Å². The standard InChI is InChI=1S/C14H15NO/c16-14(13-6-2-1-3-7-13)9-8-12-5-4-10-15-11-12/h1-7,10-11,14,16H,8-9H2. The molecule has 0 amide bonds. The maximum Gasteiger partial charge on any atom is 0.0793 e.